The lowest BCUT2D eigenvalue weighted by atomic mass is 9.43. The summed E-state index contributed by atoms with van der Waals surface area (Å²) in [4.78, 5) is 12.9. The Hall–Kier alpha value is -0.410. The van der Waals surface area contributed by atoms with E-state index in [9.17, 15) is 15.0 Å². The van der Waals surface area contributed by atoms with Gasteiger partial charge in [-0.25, -0.2) is 0 Å². The second-order valence-corrected chi connectivity index (χ2v) is 10.8. The summed E-state index contributed by atoms with van der Waals surface area (Å²) in [6.45, 7) is 4.60. The zero-order chi connectivity index (χ0) is 16.6. The lowest BCUT2D eigenvalue weighted by molar-refractivity contribution is -0.225. The molecular formula is C21H30O3. The fourth-order valence-electron chi connectivity index (χ4n) is 8.83. The van der Waals surface area contributed by atoms with Gasteiger partial charge in [-0.3, -0.25) is 4.79 Å². The monoisotopic (exact) mass is 330 g/mol. The van der Waals surface area contributed by atoms with Crippen LogP contribution in [0.2, 0.25) is 0 Å². The largest absolute Gasteiger partial charge is 0.393 e. The molecule has 0 aromatic rings. The van der Waals surface area contributed by atoms with Crippen molar-refractivity contribution in [1.29, 1.82) is 0 Å². The van der Waals surface area contributed by atoms with Crippen molar-refractivity contribution in [2.75, 3.05) is 0 Å². The molecule has 0 aliphatic heterocycles. The predicted molar refractivity (Wildman–Crippen MR) is 88.9 cm³/mol. The van der Waals surface area contributed by atoms with Gasteiger partial charge in [0.1, 0.15) is 5.78 Å². The van der Waals surface area contributed by atoms with Gasteiger partial charge in [0.05, 0.1) is 11.7 Å². The van der Waals surface area contributed by atoms with E-state index >= 15 is 0 Å². The first-order valence-corrected chi connectivity index (χ1v) is 10.3. The minimum atomic E-state index is -0.657. The molecule has 132 valence electrons. The van der Waals surface area contributed by atoms with Crippen molar-refractivity contribution in [2.45, 2.75) is 70.5 Å². The molecule has 0 spiro atoms. The molecule has 2 N–H and O–H groups in total. The van der Waals surface area contributed by atoms with E-state index in [1.54, 1.807) is 0 Å². The van der Waals surface area contributed by atoms with Crippen LogP contribution >= 0.6 is 0 Å². The number of carbonyl (C=O) groups excluding carboxylic acids is 1. The van der Waals surface area contributed by atoms with Gasteiger partial charge in [-0.15, -0.1) is 0 Å². The van der Waals surface area contributed by atoms with Crippen molar-refractivity contribution >= 4 is 5.78 Å². The van der Waals surface area contributed by atoms with Crippen molar-refractivity contribution in [1.82, 2.24) is 0 Å². The van der Waals surface area contributed by atoms with E-state index in [-0.39, 0.29) is 16.9 Å². The van der Waals surface area contributed by atoms with Crippen LogP contribution in [0.15, 0.2) is 0 Å². The average molecular weight is 330 g/mol. The second-order valence-electron chi connectivity index (χ2n) is 10.8. The Morgan fingerprint density at radius 2 is 1.83 bits per heavy atom. The fraction of sp³-hybridized carbons (Fsp3) is 0.952. The molecule has 6 rings (SSSR count). The normalized spacial score (nSPS) is 69.1. The van der Waals surface area contributed by atoms with Crippen molar-refractivity contribution in [3.63, 3.8) is 0 Å². The summed E-state index contributed by atoms with van der Waals surface area (Å²) in [6, 6.07) is 0. The summed E-state index contributed by atoms with van der Waals surface area (Å²) in [7, 11) is 0. The van der Waals surface area contributed by atoms with Gasteiger partial charge >= 0.3 is 0 Å². The molecular weight excluding hydrogens is 300 g/mol. The summed E-state index contributed by atoms with van der Waals surface area (Å²) in [5.74, 6) is 4.46. The molecule has 0 saturated heterocycles. The van der Waals surface area contributed by atoms with Gasteiger partial charge in [-0.1, -0.05) is 13.8 Å². The first kappa shape index (κ1) is 14.7. The number of aliphatic hydroxyl groups is 2. The molecule has 4 unspecified atom stereocenters. The molecule has 3 nitrogen and oxygen atoms in total. The number of hydrogen-bond donors (Lipinski definition) is 2. The maximum atomic E-state index is 12.9. The van der Waals surface area contributed by atoms with Crippen LogP contribution in [-0.2, 0) is 4.79 Å². The van der Waals surface area contributed by atoms with Crippen LogP contribution in [0.5, 0.6) is 0 Å². The second kappa shape index (κ2) is 3.96. The zero-order valence-electron chi connectivity index (χ0n) is 14.9. The van der Waals surface area contributed by atoms with Gasteiger partial charge in [0.25, 0.3) is 0 Å². The molecule has 24 heavy (non-hydrogen) atoms. The summed E-state index contributed by atoms with van der Waals surface area (Å²) in [5.41, 5.74) is -0.760. The van der Waals surface area contributed by atoms with E-state index in [0.717, 1.165) is 38.5 Å². The maximum absolute atomic E-state index is 12.9. The third-order valence-electron chi connectivity index (χ3n) is 10.1. The standard InChI is InChI=1S/C21H30O3/c1-19-5-4-14-16(17(19)11-7-12(11)18(19)23)13-8-15(13)21(24)9-10(22)3-6-20(14,21)2/h10-17,22,24H,3-9H2,1-2H3/t10-,11?,12-,13-,14?,15+,16?,17?,19-,20+,21+/m0/s1. The Morgan fingerprint density at radius 1 is 1.04 bits per heavy atom. The molecule has 0 aromatic heterocycles. The molecule has 0 bridgehead atoms. The van der Waals surface area contributed by atoms with E-state index < -0.39 is 5.60 Å². The summed E-state index contributed by atoms with van der Waals surface area (Å²) >= 11 is 0. The number of ketones is 1. The number of fused-ring (bicyclic) bond motifs is 10. The Morgan fingerprint density at radius 3 is 2.62 bits per heavy atom. The molecule has 11 atom stereocenters. The molecule has 0 amide bonds. The third-order valence-corrected chi connectivity index (χ3v) is 10.1. The number of aliphatic hydroxyl groups excluding tert-OH is 1. The quantitative estimate of drug-likeness (QED) is 0.718. The number of hydrogen-bond acceptors (Lipinski definition) is 3. The zero-order valence-corrected chi connectivity index (χ0v) is 14.9. The van der Waals surface area contributed by atoms with Gasteiger partial charge in [-0.05, 0) is 79.4 Å². The van der Waals surface area contributed by atoms with Gasteiger partial charge in [0.2, 0.25) is 0 Å². The predicted octanol–water partition coefficient (Wildman–Crippen LogP) is 2.79. The summed E-state index contributed by atoms with van der Waals surface area (Å²) in [5, 5.41) is 21.9. The smallest absolute Gasteiger partial charge is 0.142 e. The summed E-state index contributed by atoms with van der Waals surface area (Å²) < 4.78 is 0. The van der Waals surface area contributed by atoms with Crippen LogP contribution in [0.4, 0.5) is 0 Å². The molecule has 6 aliphatic carbocycles. The first-order valence-electron chi connectivity index (χ1n) is 10.3. The van der Waals surface area contributed by atoms with Crippen LogP contribution in [0.1, 0.15) is 58.8 Å². The molecule has 6 saturated carbocycles. The number of rotatable bonds is 0. The Balaban J connectivity index is 1.45. The van der Waals surface area contributed by atoms with E-state index in [2.05, 4.69) is 13.8 Å². The SMILES string of the molecule is C[C@]12CCC3C(C1C1C[C@@H]1C2=O)[C@H]1C[C@H]1[C@]1(O)C[C@@H](O)CC[C@]31C. The van der Waals surface area contributed by atoms with E-state index in [1.165, 1.54) is 0 Å². The van der Waals surface area contributed by atoms with Gasteiger partial charge in [-0.2, -0.15) is 0 Å². The van der Waals surface area contributed by atoms with Crippen LogP contribution in [0.3, 0.4) is 0 Å². The first-order chi connectivity index (χ1) is 11.3. The highest BCUT2D eigenvalue weighted by molar-refractivity contribution is 5.92. The van der Waals surface area contributed by atoms with Crippen molar-refractivity contribution in [3.05, 3.63) is 0 Å². The lowest BCUT2D eigenvalue weighted by Crippen LogP contribution is -2.64. The van der Waals surface area contributed by atoms with E-state index in [1.807, 2.05) is 0 Å². The Bertz CT molecular complexity index is 645. The lowest BCUT2D eigenvalue weighted by Gasteiger charge is -2.63. The third kappa shape index (κ3) is 1.37. The molecule has 6 fully saturated rings. The Kier molecular flexibility index (Phi) is 2.43. The van der Waals surface area contributed by atoms with Crippen molar-refractivity contribution in [3.8, 4) is 0 Å². The van der Waals surface area contributed by atoms with Crippen molar-refractivity contribution in [2.24, 2.45) is 52.3 Å². The van der Waals surface area contributed by atoms with Gasteiger partial charge < -0.3 is 10.2 Å². The fourth-order valence-corrected chi connectivity index (χ4v) is 8.83. The van der Waals surface area contributed by atoms with Gasteiger partial charge in [0, 0.05) is 17.8 Å². The molecule has 0 aromatic carbocycles. The minimum Gasteiger partial charge on any atom is -0.393 e. The summed E-state index contributed by atoms with van der Waals surface area (Å²) in [6.07, 6.45) is 6.50. The van der Waals surface area contributed by atoms with Crippen LogP contribution in [0.25, 0.3) is 0 Å². The highest BCUT2D eigenvalue weighted by Crippen LogP contribution is 2.78. The molecule has 3 heteroatoms. The number of Topliss-reactive ketones (excluding diaryl/α,β-unsaturated/α-hetero) is 1. The topological polar surface area (TPSA) is 57.5 Å². The highest BCUT2D eigenvalue weighted by Gasteiger charge is 2.78. The molecule has 0 radical (unpaired) electrons. The van der Waals surface area contributed by atoms with Crippen LogP contribution < -0.4 is 0 Å². The van der Waals surface area contributed by atoms with Gasteiger partial charge in [0.15, 0.2) is 0 Å². The molecule has 0 heterocycles. The van der Waals surface area contributed by atoms with E-state index in [4.69, 9.17) is 0 Å². The Labute approximate surface area is 144 Å². The molecule has 6 aliphatic rings. The highest BCUT2D eigenvalue weighted by atomic mass is 16.3. The van der Waals surface area contributed by atoms with E-state index in [0.29, 0.717) is 53.6 Å². The minimum absolute atomic E-state index is 0.0497. The number of carbonyl (C=O) groups is 1. The van der Waals surface area contributed by atoms with Crippen LogP contribution in [0, 0.1) is 52.3 Å². The average Bonchev–Trinajstić information content (AvgIpc) is 3.41. The van der Waals surface area contributed by atoms with Crippen LogP contribution in [-0.4, -0.2) is 27.7 Å². The maximum Gasteiger partial charge on any atom is 0.142 e. The van der Waals surface area contributed by atoms with Crippen molar-refractivity contribution < 1.29 is 15.0 Å².